The van der Waals surface area contributed by atoms with Gasteiger partial charge < -0.3 is 15.0 Å². The number of ether oxygens (including phenoxy) is 1. The van der Waals surface area contributed by atoms with Crippen molar-refractivity contribution < 1.29 is 14.3 Å². The zero-order chi connectivity index (χ0) is 16.7. The van der Waals surface area contributed by atoms with Crippen molar-refractivity contribution in [2.24, 2.45) is 10.9 Å². The van der Waals surface area contributed by atoms with Gasteiger partial charge in [0.05, 0.1) is 13.2 Å². The maximum Gasteiger partial charge on any atom is 0.229 e. The lowest BCUT2D eigenvalue weighted by molar-refractivity contribution is -0.147. The first-order valence-corrected chi connectivity index (χ1v) is 8.51. The zero-order valence-electron chi connectivity index (χ0n) is 14.2. The van der Waals surface area contributed by atoms with Gasteiger partial charge in [0.2, 0.25) is 11.8 Å². The Balaban J connectivity index is 1.88. The van der Waals surface area contributed by atoms with Crippen molar-refractivity contribution in [3.8, 4) is 0 Å². The normalized spacial score (nSPS) is 22.9. The number of nitrogens with one attached hydrogen (secondary N) is 1. The highest BCUT2D eigenvalue weighted by molar-refractivity contribution is 5.97. The molecule has 2 aliphatic heterocycles. The number of imide groups is 1. The molecule has 2 amide bonds. The van der Waals surface area contributed by atoms with Gasteiger partial charge in [-0.25, -0.2) is 0 Å². The summed E-state index contributed by atoms with van der Waals surface area (Å²) >= 11 is 0. The summed E-state index contributed by atoms with van der Waals surface area (Å²) in [6, 6.07) is 0. The molecule has 0 radical (unpaired) electrons. The van der Waals surface area contributed by atoms with Gasteiger partial charge in [-0.05, 0) is 19.8 Å². The number of hydrogen-bond acceptors (Lipinski definition) is 4. The molecule has 0 aromatic carbocycles. The van der Waals surface area contributed by atoms with E-state index in [2.05, 4.69) is 15.2 Å². The first-order valence-electron chi connectivity index (χ1n) is 8.51. The van der Waals surface area contributed by atoms with E-state index in [4.69, 9.17) is 4.74 Å². The van der Waals surface area contributed by atoms with Crippen LogP contribution in [0.4, 0.5) is 0 Å². The molecule has 7 nitrogen and oxygen atoms in total. The summed E-state index contributed by atoms with van der Waals surface area (Å²) in [5.41, 5.74) is 0. The van der Waals surface area contributed by atoms with Gasteiger partial charge in [-0.1, -0.05) is 0 Å². The Bertz CT molecular complexity index is 437. The molecule has 2 heterocycles. The highest BCUT2D eigenvalue weighted by atomic mass is 16.5. The number of nitrogens with zero attached hydrogens (tertiary/aromatic N) is 3. The first kappa shape index (κ1) is 17.7. The molecule has 0 saturated carbocycles. The van der Waals surface area contributed by atoms with E-state index in [1.54, 1.807) is 7.11 Å². The van der Waals surface area contributed by atoms with E-state index in [9.17, 15) is 9.59 Å². The molecular formula is C16H28N4O3. The molecule has 2 fully saturated rings. The zero-order valence-corrected chi connectivity index (χ0v) is 14.2. The van der Waals surface area contributed by atoms with Crippen LogP contribution in [0.5, 0.6) is 0 Å². The monoisotopic (exact) mass is 324 g/mol. The lowest BCUT2D eigenvalue weighted by atomic mass is 10.1. The molecular weight excluding hydrogens is 296 g/mol. The fraction of sp³-hybridized carbons (Fsp3) is 0.812. The van der Waals surface area contributed by atoms with Gasteiger partial charge in [0.1, 0.15) is 0 Å². The Morgan fingerprint density at radius 2 is 2.09 bits per heavy atom. The molecule has 1 N–H and O–H groups in total. The van der Waals surface area contributed by atoms with E-state index < -0.39 is 0 Å². The van der Waals surface area contributed by atoms with Crippen LogP contribution in [0.2, 0.25) is 0 Å². The second-order valence-electron chi connectivity index (χ2n) is 6.08. The van der Waals surface area contributed by atoms with Crippen LogP contribution in [0.1, 0.15) is 32.6 Å². The second kappa shape index (κ2) is 8.86. The minimum Gasteiger partial charge on any atom is -0.384 e. The average Bonchev–Trinajstić information content (AvgIpc) is 2.98. The predicted molar refractivity (Wildman–Crippen MR) is 88.1 cm³/mol. The van der Waals surface area contributed by atoms with Crippen molar-refractivity contribution >= 4 is 17.8 Å². The van der Waals surface area contributed by atoms with Crippen LogP contribution in [0, 0.1) is 5.92 Å². The van der Waals surface area contributed by atoms with Crippen LogP contribution in [0.25, 0.3) is 0 Å². The topological polar surface area (TPSA) is 74.2 Å². The molecule has 2 rings (SSSR count). The molecule has 0 aliphatic carbocycles. The molecule has 7 heteroatoms. The second-order valence-corrected chi connectivity index (χ2v) is 6.08. The molecule has 1 unspecified atom stereocenters. The van der Waals surface area contributed by atoms with Crippen LogP contribution in [-0.4, -0.2) is 74.0 Å². The van der Waals surface area contributed by atoms with E-state index in [1.165, 1.54) is 4.90 Å². The third-order valence-electron chi connectivity index (χ3n) is 4.29. The summed E-state index contributed by atoms with van der Waals surface area (Å²) in [5, 5.41) is 3.29. The maximum atomic E-state index is 11.8. The van der Waals surface area contributed by atoms with Gasteiger partial charge in [-0.2, -0.15) is 0 Å². The number of amides is 2. The Kier molecular flexibility index (Phi) is 6.83. The number of aliphatic imine (C=N–C) groups is 1. The SMILES string of the molecule is CCNC(=NCCN1C(=O)CCCC1=O)N1CCC(COC)C1. The van der Waals surface area contributed by atoms with E-state index in [0.29, 0.717) is 38.3 Å². The van der Waals surface area contributed by atoms with Gasteiger partial charge in [0, 0.05) is 52.0 Å². The lowest BCUT2D eigenvalue weighted by Gasteiger charge is -2.25. The van der Waals surface area contributed by atoms with Crippen molar-refractivity contribution in [1.29, 1.82) is 0 Å². The molecule has 0 spiro atoms. The van der Waals surface area contributed by atoms with Crippen molar-refractivity contribution in [3.05, 3.63) is 0 Å². The highest BCUT2D eigenvalue weighted by Gasteiger charge is 2.26. The molecule has 0 aromatic heterocycles. The van der Waals surface area contributed by atoms with E-state index >= 15 is 0 Å². The Hall–Kier alpha value is -1.63. The fourth-order valence-corrected chi connectivity index (χ4v) is 3.13. The maximum absolute atomic E-state index is 11.8. The number of rotatable bonds is 6. The molecule has 2 saturated heterocycles. The lowest BCUT2D eigenvalue weighted by Crippen LogP contribution is -2.43. The summed E-state index contributed by atoms with van der Waals surface area (Å²) < 4.78 is 5.23. The predicted octanol–water partition coefficient (Wildman–Crippen LogP) is 0.459. The number of hydrogen-bond donors (Lipinski definition) is 1. The first-order chi connectivity index (χ1) is 11.2. The largest absolute Gasteiger partial charge is 0.384 e. The summed E-state index contributed by atoms with van der Waals surface area (Å²) in [6.45, 7) is 6.32. The highest BCUT2D eigenvalue weighted by Crippen LogP contribution is 2.16. The van der Waals surface area contributed by atoms with Gasteiger partial charge in [0.25, 0.3) is 0 Å². The summed E-state index contributed by atoms with van der Waals surface area (Å²) in [5.74, 6) is 1.27. The van der Waals surface area contributed by atoms with Crippen molar-refractivity contribution in [2.45, 2.75) is 32.6 Å². The van der Waals surface area contributed by atoms with Crippen molar-refractivity contribution in [2.75, 3.05) is 46.4 Å². The Morgan fingerprint density at radius 3 is 2.74 bits per heavy atom. The standard InChI is InChI=1S/C16H28N4O3/c1-3-17-16(19-9-7-13(11-19)12-23-2)18-8-10-20-14(21)5-4-6-15(20)22/h13H,3-12H2,1-2H3,(H,17,18). The van der Waals surface area contributed by atoms with Crippen LogP contribution in [0.3, 0.4) is 0 Å². The van der Waals surface area contributed by atoms with Gasteiger partial charge in [-0.3, -0.25) is 19.5 Å². The van der Waals surface area contributed by atoms with E-state index in [1.807, 2.05) is 6.92 Å². The molecule has 2 aliphatic rings. The number of piperidine rings is 1. The minimum absolute atomic E-state index is 0.0669. The summed E-state index contributed by atoms with van der Waals surface area (Å²) in [4.78, 5) is 31.8. The molecule has 0 bridgehead atoms. The third-order valence-corrected chi connectivity index (χ3v) is 4.29. The van der Waals surface area contributed by atoms with Crippen molar-refractivity contribution in [3.63, 3.8) is 0 Å². The number of guanidine groups is 1. The summed E-state index contributed by atoms with van der Waals surface area (Å²) in [6.07, 6.45) is 2.72. The Morgan fingerprint density at radius 1 is 1.35 bits per heavy atom. The average molecular weight is 324 g/mol. The third kappa shape index (κ3) is 4.92. The quantitative estimate of drug-likeness (QED) is 0.436. The van der Waals surface area contributed by atoms with Gasteiger partial charge >= 0.3 is 0 Å². The number of carbonyl (C=O) groups is 2. The van der Waals surface area contributed by atoms with Crippen LogP contribution >= 0.6 is 0 Å². The molecule has 1 atom stereocenters. The van der Waals surface area contributed by atoms with Gasteiger partial charge in [0.15, 0.2) is 5.96 Å². The Labute approximate surface area is 138 Å². The summed E-state index contributed by atoms with van der Waals surface area (Å²) in [7, 11) is 1.73. The van der Waals surface area contributed by atoms with Crippen LogP contribution in [0.15, 0.2) is 4.99 Å². The number of carbonyl (C=O) groups excluding carboxylic acids is 2. The minimum atomic E-state index is -0.0669. The number of likely N-dealkylation sites (tertiary alicyclic amines) is 2. The number of methoxy groups -OCH3 is 1. The van der Waals surface area contributed by atoms with Crippen molar-refractivity contribution in [1.82, 2.24) is 15.1 Å². The molecule has 23 heavy (non-hydrogen) atoms. The van der Waals surface area contributed by atoms with E-state index in [0.717, 1.165) is 38.6 Å². The van der Waals surface area contributed by atoms with Crippen LogP contribution in [-0.2, 0) is 14.3 Å². The fourth-order valence-electron chi connectivity index (χ4n) is 3.13. The molecule has 0 aromatic rings. The van der Waals surface area contributed by atoms with E-state index in [-0.39, 0.29) is 11.8 Å². The molecule has 130 valence electrons. The van der Waals surface area contributed by atoms with Gasteiger partial charge in [-0.15, -0.1) is 0 Å². The smallest absolute Gasteiger partial charge is 0.229 e. The van der Waals surface area contributed by atoms with Crippen LogP contribution < -0.4 is 5.32 Å².